The maximum Gasteiger partial charge on any atom is 0.233 e. The second-order valence-electron chi connectivity index (χ2n) is 7.74. The van der Waals surface area contributed by atoms with Gasteiger partial charge in [-0.1, -0.05) is 25.4 Å². The van der Waals surface area contributed by atoms with E-state index in [1.807, 2.05) is 29.2 Å². The van der Waals surface area contributed by atoms with Crippen LogP contribution in [0, 0.1) is 29.6 Å². The summed E-state index contributed by atoms with van der Waals surface area (Å²) in [6.07, 6.45) is 0.320. The van der Waals surface area contributed by atoms with Crippen molar-refractivity contribution in [3.63, 3.8) is 0 Å². The van der Waals surface area contributed by atoms with Gasteiger partial charge in [0.15, 0.2) is 5.72 Å². The van der Waals surface area contributed by atoms with E-state index < -0.39 is 11.8 Å². The summed E-state index contributed by atoms with van der Waals surface area (Å²) in [6, 6.07) is 7.41. The first kappa shape index (κ1) is 14.3. The van der Waals surface area contributed by atoms with E-state index in [-0.39, 0.29) is 35.7 Å². The molecule has 2 aliphatic carbocycles. The van der Waals surface area contributed by atoms with Crippen molar-refractivity contribution in [2.24, 2.45) is 29.6 Å². The molecule has 2 aliphatic heterocycles. The molecule has 5 rings (SSSR count). The summed E-state index contributed by atoms with van der Waals surface area (Å²) in [7, 11) is 0. The molecule has 7 atom stereocenters. The SMILES string of the molecule is CC(C)[C@]12O[C@@H]3[C@H](O)[C@H]4C[C@H]3[C@@H]1[C@H]4C(=O)N2c1ccc(Cl)cc1. The average molecular weight is 334 g/mol. The standard InChI is InChI=1S/C18H20ClNO3/c1-8(2)18-14-12-7-11(15(21)16(12)23-18)13(14)17(22)20(18)10-5-3-9(19)4-6-10/h3-6,8,11-16,21H,7H2,1-2H3/t11-,12-,13-,14+,15+,16-,18-/m0/s1. The predicted molar refractivity (Wildman–Crippen MR) is 86.0 cm³/mol. The van der Waals surface area contributed by atoms with Crippen LogP contribution in [0.5, 0.6) is 0 Å². The number of hydrogen-bond acceptors (Lipinski definition) is 3. The molecule has 122 valence electrons. The number of aliphatic hydroxyl groups excluding tert-OH is 1. The molecule has 4 aliphatic rings. The third-order valence-electron chi connectivity index (χ3n) is 6.62. The zero-order valence-corrected chi connectivity index (χ0v) is 13.9. The smallest absolute Gasteiger partial charge is 0.233 e. The van der Waals surface area contributed by atoms with Gasteiger partial charge in [-0.25, -0.2) is 0 Å². The van der Waals surface area contributed by atoms with Crippen molar-refractivity contribution < 1.29 is 14.6 Å². The van der Waals surface area contributed by atoms with Gasteiger partial charge in [0, 0.05) is 22.5 Å². The summed E-state index contributed by atoms with van der Waals surface area (Å²) in [5.41, 5.74) is 0.217. The third-order valence-corrected chi connectivity index (χ3v) is 6.87. The fraction of sp³-hybridized carbons (Fsp3) is 0.611. The van der Waals surface area contributed by atoms with Gasteiger partial charge in [-0.05, 0) is 42.5 Å². The second kappa shape index (κ2) is 4.29. The van der Waals surface area contributed by atoms with Crippen molar-refractivity contribution in [1.82, 2.24) is 0 Å². The number of rotatable bonds is 2. The summed E-state index contributed by atoms with van der Waals surface area (Å²) >= 11 is 6.01. The van der Waals surface area contributed by atoms with E-state index in [2.05, 4.69) is 13.8 Å². The molecule has 1 aromatic rings. The van der Waals surface area contributed by atoms with Crippen LogP contribution in [0.1, 0.15) is 20.3 Å². The molecule has 0 aromatic heterocycles. The van der Waals surface area contributed by atoms with Crippen LogP contribution in [-0.4, -0.2) is 28.9 Å². The van der Waals surface area contributed by atoms with Gasteiger partial charge < -0.3 is 9.84 Å². The lowest BCUT2D eigenvalue weighted by molar-refractivity contribution is -0.136. The molecular weight excluding hydrogens is 314 g/mol. The average Bonchev–Trinajstić information content (AvgIpc) is 3.17. The van der Waals surface area contributed by atoms with Gasteiger partial charge in [0.25, 0.3) is 0 Å². The van der Waals surface area contributed by atoms with E-state index >= 15 is 0 Å². The first-order chi connectivity index (χ1) is 11.0. The Morgan fingerprint density at radius 3 is 2.65 bits per heavy atom. The van der Waals surface area contributed by atoms with Crippen LogP contribution in [-0.2, 0) is 9.53 Å². The molecule has 23 heavy (non-hydrogen) atoms. The molecule has 4 nitrogen and oxygen atoms in total. The van der Waals surface area contributed by atoms with Crippen LogP contribution in [0.25, 0.3) is 0 Å². The Bertz CT molecular complexity index is 690. The van der Waals surface area contributed by atoms with E-state index in [0.29, 0.717) is 10.9 Å². The molecule has 2 bridgehead atoms. The van der Waals surface area contributed by atoms with Crippen molar-refractivity contribution >= 4 is 23.2 Å². The Hall–Kier alpha value is -1.10. The van der Waals surface area contributed by atoms with E-state index in [1.165, 1.54) is 0 Å². The molecule has 2 saturated carbocycles. The van der Waals surface area contributed by atoms with Gasteiger partial charge in [0.1, 0.15) is 0 Å². The molecule has 5 heteroatoms. The Kier molecular flexibility index (Phi) is 2.66. The van der Waals surface area contributed by atoms with Crippen LogP contribution < -0.4 is 4.90 Å². The van der Waals surface area contributed by atoms with Crippen LogP contribution in [0.2, 0.25) is 5.02 Å². The normalized spacial score (nSPS) is 46.5. The minimum absolute atomic E-state index is 0.0559. The number of anilines is 1. The molecule has 1 aromatic carbocycles. The van der Waals surface area contributed by atoms with Gasteiger partial charge >= 0.3 is 0 Å². The number of hydrogen-bond donors (Lipinski definition) is 1. The number of aliphatic hydroxyl groups is 1. The summed E-state index contributed by atoms with van der Waals surface area (Å²) in [5.74, 6) is 0.726. The summed E-state index contributed by atoms with van der Waals surface area (Å²) in [6.45, 7) is 4.23. The molecule has 4 fully saturated rings. The van der Waals surface area contributed by atoms with Gasteiger partial charge in [0.05, 0.1) is 18.1 Å². The predicted octanol–water partition coefficient (Wildman–Crippen LogP) is 2.68. The zero-order chi connectivity index (χ0) is 16.1. The Balaban J connectivity index is 1.69. The van der Waals surface area contributed by atoms with E-state index in [9.17, 15) is 9.90 Å². The van der Waals surface area contributed by atoms with Gasteiger partial charge in [-0.2, -0.15) is 0 Å². The molecule has 2 heterocycles. The van der Waals surface area contributed by atoms with E-state index in [0.717, 1.165) is 12.1 Å². The van der Waals surface area contributed by atoms with Gasteiger partial charge in [0.2, 0.25) is 5.91 Å². The molecule has 0 unspecified atom stereocenters. The van der Waals surface area contributed by atoms with Crippen LogP contribution in [0.15, 0.2) is 24.3 Å². The molecule has 0 radical (unpaired) electrons. The topological polar surface area (TPSA) is 49.8 Å². The number of ether oxygens (including phenoxy) is 1. The quantitative estimate of drug-likeness (QED) is 0.905. The maximum atomic E-state index is 13.3. The minimum Gasteiger partial charge on any atom is -0.390 e. The van der Waals surface area contributed by atoms with Gasteiger partial charge in [-0.3, -0.25) is 9.69 Å². The molecule has 0 spiro atoms. The van der Waals surface area contributed by atoms with Crippen molar-refractivity contribution in [2.45, 2.75) is 38.2 Å². The van der Waals surface area contributed by atoms with E-state index in [1.54, 1.807) is 0 Å². The lowest BCUT2D eigenvalue weighted by Crippen LogP contribution is -2.54. The number of amides is 1. The van der Waals surface area contributed by atoms with Crippen LogP contribution in [0.4, 0.5) is 5.69 Å². The number of carbonyl (C=O) groups is 1. The van der Waals surface area contributed by atoms with Crippen molar-refractivity contribution in [2.75, 3.05) is 4.90 Å². The number of benzene rings is 1. The van der Waals surface area contributed by atoms with Crippen molar-refractivity contribution in [3.8, 4) is 0 Å². The molecular formula is C18H20ClNO3. The van der Waals surface area contributed by atoms with Crippen LogP contribution in [0.3, 0.4) is 0 Å². The first-order valence-electron chi connectivity index (χ1n) is 8.42. The third kappa shape index (κ3) is 1.44. The van der Waals surface area contributed by atoms with Crippen molar-refractivity contribution in [1.29, 1.82) is 0 Å². The molecule has 1 N–H and O–H groups in total. The maximum absolute atomic E-state index is 13.3. The van der Waals surface area contributed by atoms with Crippen molar-refractivity contribution in [3.05, 3.63) is 29.3 Å². The van der Waals surface area contributed by atoms with Gasteiger partial charge in [-0.15, -0.1) is 0 Å². The summed E-state index contributed by atoms with van der Waals surface area (Å²) < 4.78 is 6.48. The molecule has 1 amide bonds. The number of fused-ring (bicyclic) bond motifs is 2. The number of nitrogens with zero attached hydrogens (tertiary/aromatic N) is 1. The highest BCUT2D eigenvalue weighted by Crippen LogP contribution is 2.69. The monoisotopic (exact) mass is 333 g/mol. The fourth-order valence-corrected chi connectivity index (χ4v) is 6.03. The summed E-state index contributed by atoms with van der Waals surface area (Å²) in [4.78, 5) is 15.1. The Morgan fingerprint density at radius 1 is 1.30 bits per heavy atom. The van der Waals surface area contributed by atoms with E-state index in [4.69, 9.17) is 16.3 Å². The highest BCUT2D eigenvalue weighted by Gasteiger charge is 2.79. The Labute approximate surface area is 140 Å². The lowest BCUT2D eigenvalue weighted by Gasteiger charge is -2.42. The minimum atomic E-state index is -0.628. The fourth-order valence-electron chi connectivity index (χ4n) is 5.90. The Morgan fingerprint density at radius 2 is 2.00 bits per heavy atom. The van der Waals surface area contributed by atoms with Crippen LogP contribution >= 0.6 is 11.6 Å². The zero-order valence-electron chi connectivity index (χ0n) is 13.1. The number of carbonyl (C=O) groups excluding carboxylic acids is 1. The largest absolute Gasteiger partial charge is 0.390 e. The highest BCUT2D eigenvalue weighted by atomic mass is 35.5. The molecule has 2 saturated heterocycles. The first-order valence-corrected chi connectivity index (χ1v) is 8.80. The highest BCUT2D eigenvalue weighted by molar-refractivity contribution is 6.30. The number of halogens is 1. The second-order valence-corrected chi connectivity index (χ2v) is 8.18. The lowest BCUT2D eigenvalue weighted by atomic mass is 9.74. The summed E-state index contributed by atoms with van der Waals surface area (Å²) in [5, 5.41) is 11.2.